The second-order valence-electron chi connectivity index (χ2n) is 8.22. The van der Waals surface area contributed by atoms with Crippen LogP contribution in [0.1, 0.15) is 5.56 Å². The van der Waals surface area contributed by atoms with Crippen molar-refractivity contribution < 1.29 is 41.2 Å². The number of hydrogen-bond donors (Lipinski definition) is 0. The van der Waals surface area contributed by atoms with Crippen molar-refractivity contribution in [1.82, 2.24) is 0 Å². The Labute approximate surface area is 237 Å². The number of nitro groups is 1. The summed E-state index contributed by atoms with van der Waals surface area (Å²) in [5.74, 6) is 1.09. The molecule has 0 amide bonds. The summed E-state index contributed by atoms with van der Waals surface area (Å²) in [5, 5.41) is 11.4. The Kier molecular flexibility index (Phi) is 12.6. The van der Waals surface area contributed by atoms with Crippen molar-refractivity contribution in [2.24, 2.45) is 0 Å². The van der Waals surface area contributed by atoms with E-state index in [0.29, 0.717) is 51.1 Å². The van der Waals surface area contributed by atoms with Gasteiger partial charge >= 0.3 is 5.69 Å². The third-order valence-electron chi connectivity index (χ3n) is 5.19. The van der Waals surface area contributed by atoms with Gasteiger partial charge in [0.2, 0.25) is 5.75 Å². The van der Waals surface area contributed by atoms with Crippen LogP contribution in [0, 0.1) is 17.0 Å². The van der Waals surface area contributed by atoms with E-state index in [1.54, 1.807) is 36.4 Å². The second kappa shape index (κ2) is 16.1. The molecule has 3 aromatic carbocycles. The number of rotatable bonds is 18. The lowest BCUT2D eigenvalue weighted by atomic mass is 10.2. The van der Waals surface area contributed by atoms with Crippen molar-refractivity contribution >= 4 is 27.4 Å². The van der Waals surface area contributed by atoms with Crippen LogP contribution in [0.25, 0.3) is 0 Å². The predicted octanol–water partition coefficient (Wildman–Crippen LogP) is 5.18. The molecule has 11 nitrogen and oxygen atoms in total. The Morgan fingerprint density at radius 1 is 0.750 bits per heavy atom. The fraction of sp³-hybridized carbons (Fsp3) is 0.333. The molecule has 0 aromatic heterocycles. The molecule has 13 heteroatoms. The van der Waals surface area contributed by atoms with E-state index in [1.807, 2.05) is 6.92 Å². The monoisotopic (exact) mass is 595 g/mol. The minimum Gasteiger partial charge on any atom is -0.491 e. The third kappa shape index (κ3) is 10.7. The maximum absolute atomic E-state index is 12.1. The lowest BCUT2D eigenvalue weighted by Gasteiger charge is -2.10. The summed E-state index contributed by atoms with van der Waals surface area (Å²) in [5.41, 5.74) is 0.738. The number of aryl methyl sites for hydroxylation is 1. The molecular formula is C27H30ClNO10S. The van der Waals surface area contributed by atoms with Crippen LogP contribution in [0.3, 0.4) is 0 Å². The van der Waals surface area contributed by atoms with Crippen molar-refractivity contribution in [3.8, 4) is 17.2 Å². The minimum atomic E-state index is -3.79. The number of hydrogen-bond acceptors (Lipinski definition) is 10. The maximum Gasteiger partial charge on any atom is 0.313 e. The molecule has 40 heavy (non-hydrogen) atoms. The van der Waals surface area contributed by atoms with Crippen molar-refractivity contribution in [2.45, 2.75) is 11.8 Å². The Hall–Kier alpha value is -3.26. The molecule has 3 rings (SSSR count). The average molecular weight is 596 g/mol. The van der Waals surface area contributed by atoms with Gasteiger partial charge in [-0.05, 0) is 55.5 Å². The molecule has 0 spiro atoms. The zero-order valence-electron chi connectivity index (χ0n) is 21.8. The lowest BCUT2D eigenvalue weighted by Crippen LogP contribution is -2.15. The van der Waals surface area contributed by atoms with Gasteiger partial charge in [-0.3, -0.25) is 14.3 Å². The average Bonchev–Trinajstić information content (AvgIpc) is 2.93. The van der Waals surface area contributed by atoms with E-state index in [1.165, 1.54) is 30.3 Å². The van der Waals surface area contributed by atoms with Crippen LogP contribution in [0.15, 0.2) is 71.6 Å². The molecule has 0 saturated carbocycles. The van der Waals surface area contributed by atoms with Crippen LogP contribution in [0.5, 0.6) is 17.2 Å². The highest BCUT2D eigenvalue weighted by molar-refractivity contribution is 7.86. The molecule has 0 aliphatic carbocycles. The van der Waals surface area contributed by atoms with Gasteiger partial charge in [0.15, 0.2) is 0 Å². The number of benzene rings is 3. The Bertz CT molecular complexity index is 1320. The van der Waals surface area contributed by atoms with E-state index < -0.39 is 15.0 Å². The van der Waals surface area contributed by atoms with Crippen LogP contribution in [0.2, 0.25) is 5.02 Å². The summed E-state index contributed by atoms with van der Waals surface area (Å²) in [7, 11) is -3.79. The largest absolute Gasteiger partial charge is 0.491 e. The van der Waals surface area contributed by atoms with Gasteiger partial charge in [0, 0.05) is 11.1 Å². The Morgan fingerprint density at radius 3 is 1.90 bits per heavy atom. The topological polar surface area (TPSA) is 133 Å². The summed E-state index contributed by atoms with van der Waals surface area (Å²) in [6.07, 6.45) is 0. The number of nitrogens with zero attached hydrogens (tertiary/aromatic N) is 1. The molecule has 0 radical (unpaired) electrons. The molecule has 0 aliphatic heterocycles. The third-order valence-corrected chi connectivity index (χ3v) is 6.75. The molecule has 3 aromatic rings. The number of nitro benzene ring substituents is 1. The molecule has 0 bridgehead atoms. The van der Waals surface area contributed by atoms with Crippen molar-refractivity contribution in [2.75, 3.05) is 52.9 Å². The standard InChI is InChI=1S/C27H30ClNO10S/c1-21-2-9-25(10-3-21)40(32,33)38-19-17-36-15-13-34-12-14-35-16-18-37-23-5-7-24(8-6-23)39-27-11-4-22(28)20-26(27)29(30)31/h2-11,20H,12-19H2,1H3. The van der Waals surface area contributed by atoms with Gasteiger partial charge in [-0.2, -0.15) is 8.42 Å². The van der Waals surface area contributed by atoms with Crippen LogP contribution in [-0.2, 0) is 28.5 Å². The molecule has 0 N–H and O–H groups in total. The molecule has 0 saturated heterocycles. The summed E-state index contributed by atoms with van der Waals surface area (Å²) < 4.78 is 56.5. The van der Waals surface area contributed by atoms with Crippen LogP contribution in [0.4, 0.5) is 5.69 Å². The minimum absolute atomic E-state index is 0.0834. The van der Waals surface area contributed by atoms with E-state index in [2.05, 4.69) is 0 Å². The smallest absolute Gasteiger partial charge is 0.313 e. The summed E-state index contributed by atoms with van der Waals surface area (Å²) in [6.45, 7) is 3.94. The van der Waals surface area contributed by atoms with E-state index in [9.17, 15) is 18.5 Å². The first-order valence-electron chi connectivity index (χ1n) is 12.3. The zero-order valence-corrected chi connectivity index (χ0v) is 23.4. The first-order chi connectivity index (χ1) is 19.2. The second-order valence-corrected chi connectivity index (χ2v) is 10.3. The fourth-order valence-corrected chi connectivity index (χ4v) is 4.25. The van der Waals surface area contributed by atoms with Crippen molar-refractivity contribution in [3.63, 3.8) is 0 Å². The van der Waals surface area contributed by atoms with Crippen molar-refractivity contribution in [1.29, 1.82) is 0 Å². The van der Waals surface area contributed by atoms with Gasteiger partial charge < -0.3 is 23.7 Å². The first kappa shape index (κ1) is 31.3. The molecule has 0 heterocycles. The van der Waals surface area contributed by atoms with Crippen molar-refractivity contribution in [3.05, 3.63) is 87.4 Å². The highest BCUT2D eigenvalue weighted by atomic mass is 35.5. The van der Waals surface area contributed by atoms with Gasteiger partial charge in [0.25, 0.3) is 10.1 Å². The van der Waals surface area contributed by atoms with Gasteiger partial charge in [0.05, 0.1) is 56.1 Å². The van der Waals surface area contributed by atoms with Gasteiger partial charge in [-0.25, -0.2) is 0 Å². The zero-order chi connectivity index (χ0) is 28.8. The van der Waals surface area contributed by atoms with Gasteiger partial charge in [-0.1, -0.05) is 29.3 Å². The number of ether oxygens (including phenoxy) is 5. The predicted molar refractivity (Wildman–Crippen MR) is 147 cm³/mol. The quantitative estimate of drug-likeness (QED) is 0.0838. The first-order valence-corrected chi connectivity index (χ1v) is 14.1. The molecule has 0 fully saturated rings. The summed E-state index contributed by atoms with van der Waals surface area (Å²) in [6, 6.07) is 17.3. The normalized spacial score (nSPS) is 11.3. The summed E-state index contributed by atoms with van der Waals surface area (Å²) in [4.78, 5) is 10.7. The van der Waals surface area contributed by atoms with Gasteiger partial charge in [0.1, 0.15) is 18.1 Å². The van der Waals surface area contributed by atoms with E-state index in [0.717, 1.165) is 5.56 Å². The van der Waals surface area contributed by atoms with E-state index >= 15 is 0 Å². The lowest BCUT2D eigenvalue weighted by molar-refractivity contribution is -0.385. The highest BCUT2D eigenvalue weighted by Gasteiger charge is 2.17. The SMILES string of the molecule is Cc1ccc(S(=O)(=O)OCCOCCOCCOCCOc2ccc(Oc3ccc(Cl)cc3[N+](=O)[O-])cc2)cc1. The Balaban J connectivity index is 1.19. The van der Waals surface area contributed by atoms with Crippen LogP contribution in [-0.4, -0.2) is 66.2 Å². The molecule has 0 unspecified atom stereocenters. The van der Waals surface area contributed by atoms with E-state index in [-0.39, 0.29) is 34.6 Å². The molecular weight excluding hydrogens is 566 g/mol. The highest BCUT2D eigenvalue weighted by Crippen LogP contribution is 2.34. The molecule has 0 atom stereocenters. The fourth-order valence-electron chi connectivity index (χ4n) is 3.19. The molecule has 216 valence electrons. The van der Waals surface area contributed by atoms with E-state index in [4.69, 9.17) is 39.5 Å². The Morgan fingerprint density at radius 2 is 1.30 bits per heavy atom. The van der Waals surface area contributed by atoms with Gasteiger partial charge in [-0.15, -0.1) is 0 Å². The molecule has 0 aliphatic rings. The maximum atomic E-state index is 12.1. The summed E-state index contributed by atoms with van der Waals surface area (Å²) >= 11 is 5.82. The van der Waals surface area contributed by atoms with Crippen LogP contribution < -0.4 is 9.47 Å². The van der Waals surface area contributed by atoms with Crippen LogP contribution >= 0.6 is 11.6 Å². The number of halogens is 1.